The first-order valence-electron chi connectivity index (χ1n) is 4.83. The van der Waals surface area contributed by atoms with E-state index in [2.05, 4.69) is 21.2 Å². The predicted molar refractivity (Wildman–Crippen MR) is 62.0 cm³/mol. The SMILES string of the molecule is CC(C)C(C)Nc1c(F)cc(F)cc1Br. The summed E-state index contributed by atoms with van der Waals surface area (Å²) in [5.41, 5.74) is 0.317. The van der Waals surface area contributed by atoms with Gasteiger partial charge in [0.05, 0.1) is 5.69 Å². The Morgan fingerprint density at radius 2 is 1.80 bits per heavy atom. The lowest BCUT2D eigenvalue weighted by atomic mass is 10.1. The van der Waals surface area contributed by atoms with E-state index in [-0.39, 0.29) is 6.04 Å². The Kier molecular flexibility index (Phi) is 4.08. The van der Waals surface area contributed by atoms with Crippen molar-refractivity contribution in [3.63, 3.8) is 0 Å². The van der Waals surface area contributed by atoms with Crippen LogP contribution in [0.3, 0.4) is 0 Å². The van der Waals surface area contributed by atoms with Gasteiger partial charge in [0, 0.05) is 16.6 Å². The molecule has 0 amide bonds. The number of anilines is 1. The average molecular weight is 278 g/mol. The van der Waals surface area contributed by atoms with E-state index in [9.17, 15) is 8.78 Å². The minimum absolute atomic E-state index is 0.126. The number of halogens is 3. The van der Waals surface area contributed by atoms with Crippen molar-refractivity contribution >= 4 is 21.6 Å². The fourth-order valence-corrected chi connectivity index (χ4v) is 1.60. The number of rotatable bonds is 3. The minimum Gasteiger partial charge on any atom is -0.379 e. The van der Waals surface area contributed by atoms with Crippen molar-refractivity contribution in [3.8, 4) is 0 Å². The second-order valence-corrected chi connectivity index (χ2v) is 4.78. The second kappa shape index (κ2) is 4.92. The summed E-state index contributed by atoms with van der Waals surface area (Å²) in [5, 5.41) is 3.02. The zero-order valence-corrected chi connectivity index (χ0v) is 10.5. The van der Waals surface area contributed by atoms with Gasteiger partial charge >= 0.3 is 0 Å². The quantitative estimate of drug-likeness (QED) is 0.874. The van der Waals surface area contributed by atoms with Crippen LogP contribution in [0.15, 0.2) is 16.6 Å². The summed E-state index contributed by atoms with van der Waals surface area (Å²) < 4.78 is 26.6. The monoisotopic (exact) mass is 277 g/mol. The molecule has 84 valence electrons. The minimum atomic E-state index is -0.581. The van der Waals surface area contributed by atoms with Crippen molar-refractivity contribution in [3.05, 3.63) is 28.2 Å². The van der Waals surface area contributed by atoms with Crippen molar-refractivity contribution in [2.24, 2.45) is 5.92 Å². The lowest BCUT2D eigenvalue weighted by Gasteiger charge is -2.20. The van der Waals surface area contributed by atoms with Crippen LogP contribution in [-0.2, 0) is 0 Å². The maximum Gasteiger partial charge on any atom is 0.150 e. The molecule has 0 spiro atoms. The van der Waals surface area contributed by atoms with Crippen molar-refractivity contribution in [1.82, 2.24) is 0 Å². The number of hydrogen-bond donors (Lipinski definition) is 1. The Hall–Kier alpha value is -0.640. The van der Waals surface area contributed by atoms with Crippen molar-refractivity contribution in [1.29, 1.82) is 0 Å². The highest BCUT2D eigenvalue weighted by Gasteiger charge is 2.13. The fraction of sp³-hybridized carbons (Fsp3) is 0.455. The lowest BCUT2D eigenvalue weighted by Crippen LogP contribution is -2.22. The van der Waals surface area contributed by atoms with Gasteiger partial charge in [-0.05, 0) is 34.8 Å². The van der Waals surface area contributed by atoms with Crippen molar-refractivity contribution in [2.45, 2.75) is 26.8 Å². The Labute approximate surface area is 97.0 Å². The summed E-state index contributed by atoms with van der Waals surface area (Å²) >= 11 is 3.13. The molecule has 0 bridgehead atoms. The molecule has 1 aromatic carbocycles. The highest BCUT2D eigenvalue weighted by atomic mass is 79.9. The van der Waals surface area contributed by atoms with Gasteiger partial charge in [-0.2, -0.15) is 0 Å². The molecule has 1 N–H and O–H groups in total. The summed E-state index contributed by atoms with van der Waals surface area (Å²) in [6.07, 6.45) is 0. The van der Waals surface area contributed by atoms with Gasteiger partial charge in [-0.25, -0.2) is 8.78 Å². The molecule has 1 unspecified atom stereocenters. The van der Waals surface area contributed by atoms with Gasteiger partial charge < -0.3 is 5.32 Å². The summed E-state index contributed by atoms with van der Waals surface area (Å²) in [6.45, 7) is 6.03. The fourth-order valence-electron chi connectivity index (χ4n) is 1.07. The zero-order valence-electron chi connectivity index (χ0n) is 8.94. The van der Waals surface area contributed by atoms with Gasteiger partial charge in [0.1, 0.15) is 11.6 Å². The summed E-state index contributed by atoms with van der Waals surface area (Å²) in [4.78, 5) is 0. The van der Waals surface area contributed by atoms with Crippen LogP contribution >= 0.6 is 15.9 Å². The van der Waals surface area contributed by atoms with Crippen LogP contribution in [0, 0.1) is 17.6 Å². The average Bonchev–Trinajstić information content (AvgIpc) is 2.10. The van der Waals surface area contributed by atoms with Crippen LogP contribution in [0.1, 0.15) is 20.8 Å². The molecular formula is C11H14BrF2N. The second-order valence-electron chi connectivity index (χ2n) is 3.92. The molecule has 1 nitrogen and oxygen atoms in total. The summed E-state index contributed by atoms with van der Waals surface area (Å²) in [6, 6.07) is 2.25. The molecule has 0 aliphatic carbocycles. The third-order valence-corrected chi connectivity index (χ3v) is 3.00. The van der Waals surface area contributed by atoms with Crippen LogP contribution in [0.25, 0.3) is 0 Å². The van der Waals surface area contributed by atoms with E-state index >= 15 is 0 Å². The molecule has 1 atom stereocenters. The molecule has 0 radical (unpaired) electrons. The maximum atomic E-state index is 13.4. The van der Waals surface area contributed by atoms with Gasteiger partial charge in [0.2, 0.25) is 0 Å². The highest BCUT2D eigenvalue weighted by molar-refractivity contribution is 9.10. The zero-order chi connectivity index (χ0) is 11.6. The van der Waals surface area contributed by atoms with Crippen LogP contribution in [0.2, 0.25) is 0 Å². The molecule has 1 aromatic rings. The van der Waals surface area contributed by atoms with E-state index in [0.717, 1.165) is 6.07 Å². The van der Waals surface area contributed by atoms with E-state index in [1.165, 1.54) is 6.07 Å². The number of nitrogens with one attached hydrogen (secondary N) is 1. The molecule has 0 aliphatic rings. The van der Waals surface area contributed by atoms with Crippen LogP contribution in [0.5, 0.6) is 0 Å². The third kappa shape index (κ3) is 3.16. The van der Waals surface area contributed by atoms with E-state index in [1.807, 2.05) is 20.8 Å². The van der Waals surface area contributed by atoms with Gasteiger partial charge in [0.15, 0.2) is 0 Å². The van der Waals surface area contributed by atoms with Gasteiger partial charge in [-0.1, -0.05) is 13.8 Å². The topological polar surface area (TPSA) is 12.0 Å². The van der Waals surface area contributed by atoms with Crippen LogP contribution in [0.4, 0.5) is 14.5 Å². The van der Waals surface area contributed by atoms with E-state index in [4.69, 9.17) is 0 Å². The summed E-state index contributed by atoms with van der Waals surface area (Å²) in [7, 11) is 0. The maximum absolute atomic E-state index is 13.4. The molecule has 1 rings (SSSR count). The van der Waals surface area contributed by atoms with Gasteiger partial charge in [-0.15, -0.1) is 0 Å². The number of hydrogen-bond acceptors (Lipinski definition) is 1. The number of benzene rings is 1. The normalized spacial score (nSPS) is 13.0. The standard InChI is InChI=1S/C11H14BrF2N/c1-6(2)7(3)15-11-9(12)4-8(13)5-10(11)14/h4-7,15H,1-3H3. The van der Waals surface area contributed by atoms with Crippen molar-refractivity contribution < 1.29 is 8.78 Å². The first kappa shape index (κ1) is 12.4. The molecule has 15 heavy (non-hydrogen) atoms. The smallest absolute Gasteiger partial charge is 0.150 e. The van der Waals surface area contributed by atoms with Gasteiger partial charge in [-0.3, -0.25) is 0 Å². The van der Waals surface area contributed by atoms with E-state index < -0.39 is 11.6 Å². The molecule has 0 saturated heterocycles. The lowest BCUT2D eigenvalue weighted by molar-refractivity contribution is 0.547. The Bertz CT molecular complexity index is 329. The van der Waals surface area contributed by atoms with Crippen molar-refractivity contribution in [2.75, 3.05) is 5.32 Å². The molecular weight excluding hydrogens is 264 g/mol. The first-order chi connectivity index (χ1) is 6.91. The van der Waals surface area contributed by atoms with E-state index in [0.29, 0.717) is 16.1 Å². The summed E-state index contributed by atoms with van der Waals surface area (Å²) in [5.74, 6) is -0.780. The predicted octanol–water partition coefficient (Wildman–Crippen LogP) is 4.18. The van der Waals surface area contributed by atoms with Gasteiger partial charge in [0.25, 0.3) is 0 Å². The van der Waals surface area contributed by atoms with Crippen LogP contribution in [-0.4, -0.2) is 6.04 Å². The molecule has 0 aromatic heterocycles. The largest absolute Gasteiger partial charge is 0.379 e. The Morgan fingerprint density at radius 1 is 1.20 bits per heavy atom. The van der Waals surface area contributed by atoms with Crippen LogP contribution < -0.4 is 5.32 Å². The molecule has 4 heteroatoms. The molecule has 0 saturated carbocycles. The molecule has 0 fully saturated rings. The Morgan fingerprint density at radius 3 is 2.27 bits per heavy atom. The molecule has 0 heterocycles. The Balaban J connectivity index is 2.95. The highest BCUT2D eigenvalue weighted by Crippen LogP contribution is 2.28. The first-order valence-corrected chi connectivity index (χ1v) is 5.62. The molecule has 0 aliphatic heterocycles. The van der Waals surface area contributed by atoms with E-state index in [1.54, 1.807) is 0 Å². The third-order valence-electron chi connectivity index (χ3n) is 2.38.